The van der Waals surface area contributed by atoms with Gasteiger partial charge in [0.1, 0.15) is 11.4 Å². The Morgan fingerprint density at radius 2 is 2.17 bits per heavy atom. The van der Waals surface area contributed by atoms with E-state index in [1.807, 2.05) is 31.2 Å². The highest BCUT2D eigenvalue weighted by Crippen LogP contribution is 2.32. The summed E-state index contributed by atoms with van der Waals surface area (Å²) in [6, 6.07) is 7.95. The summed E-state index contributed by atoms with van der Waals surface area (Å²) >= 11 is 0. The number of β-amino-alcohol motifs (C(OH)–C–C–N with tert-alkyl or cyclic N) is 1. The second-order valence-corrected chi connectivity index (χ2v) is 6.03. The first-order valence-corrected chi connectivity index (χ1v) is 8.15. The molecule has 1 aromatic heterocycles. The van der Waals surface area contributed by atoms with Crippen LogP contribution in [0.3, 0.4) is 0 Å². The van der Waals surface area contributed by atoms with Crippen LogP contribution in [-0.4, -0.2) is 46.2 Å². The van der Waals surface area contributed by atoms with E-state index in [9.17, 15) is 0 Å². The fraction of sp³-hybridized carbons (Fsp3) is 0.444. The molecule has 1 aliphatic heterocycles. The van der Waals surface area contributed by atoms with E-state index in [0.717, 1.165) is 42.9 Å². The minimum Gasteiger partial charge on any atom is -0.437 e. The van der Waals surface area contributed by atoms with Gasteiger partial charge in [-0.05, 0) is 44.0 Å². The number of hydrogen-bond donors (Lipinski definition) is 1. The van der Waals surface area contributed by atoms with Crippen molar-refractivity contribution in [1.82, 2.24) is 14.9 Å². The maximum Gasteiger partial charge on any atom is 0.241 e. The minimum atomic E-state index is 0.194. The summed E-state index contributed by atoms with van der Waals surface area (Å²) in [6.45, 7) is 4.87. The van der Waals surface area contributed by atoms with Gasteiger partial charge in [0.25, 0.3) is 0 Å². The normalized spacial score (nSPS) is 18.8. The average Bonchev–Trinajstić information content (AvgIpc) is 2.56. The fourth-order valence-electron chi connectivity index (χ4n) is 3.11. The van der Waals surface area contributed by atoms with Crippen LogP contribution in [-0.2, 0) is 0 Å². The van der Waals surface area contributed by atoms with Crippen LogP contribution in [0.15, 0.2) is 36.7 Å². The molecule has 2 aromatic rings. The van der Waals surface area contributed by atoms with Crippen molar-refractivity contribution < 1.29 is 9.84 Å². The number of piperidine rings is 1. The van der Waals surface area contributed by atoms with Gasteiger partial charge < -0.3 is 14.7 Å². The highest BCUT2D eigenvalue weighted by atomic mass is 16.5. The van der Waals surface area contributed by atoms with Gasteiger partial charge in [0, 0.05) is 31.4 Å². The minimum absolute atomic E-state index is 0.194. The topological polar surface area (TPSA) is 58.5 Å². The summed E-state index contributed by atoms with van der Waals surface area (Å²) in [6.07, 6.45) is 5.57. The van der Waals surface area contributed by atoms with Gasteiger partial charge in [-0.3, -0.25) is 4.98 Å². The number of aliphatic hydroxyl groups excluding tert-OH is 1. The van der Waals surface area contributed by atoms with Crippen molar-refractivity contribution in [2.24, 2.45) is 0 Å². The number of rotatable bonds is 5. The molecule has 0 radical (unpaired) electrons. The molecule has 1 N–H and O–H groups in total. The van der Waals surface area contributed by atoms with Gasteiger partial charge in [-0.25, -0.2) is 4.98 Å². The average molecular weight is 313 g/mol. The van der Waals surface area contributed by atoms with E-state index >= 15 is 0 Å². The molecule has 5 nitrogen and oxygen atoms in total. The van der Waals surface area contributed by atoms with E-state index in [1.54, 1.807) is 12.4 Å². The lowest BCUT2D eigenvalue weighted by Crippen LogP contribution is -2.36. The Labute approximate surface area is 137 Å². The Morgan fingerprint density at radius 3 is 3.00 bits per heavy atom. The first-order valence-electron chi connectivity index (χ1n) is 8.15. The number of aromatic nitrogens is 2. The molecule has 1 fully saturated rings. The highest BCUT2D eigenvalue weighted by Gasteiger charge is 2.25. The molecule has 1 aromatic carbocycles. The number of benzene rings is 1. The summed E-state index contributed by atoms with van der Waals surface area (Å²) in [4.78, 5) is 11.2. The lowest BCUT2D eigenvalue weighted by atomic mass is 9.94. The fourth-order valence-corrected chi connectivity index (χ4v) is 3.11. The van der Waals surface area contributed by atoms with E-state index in [1.165, 1.54) is 0 Å². The van der Waals surface area contributed by atoms with Gasteiger partial charge in [0.05, 0.1) is 6.61 Å². The zero-order chi connectivity index (χ0) is 16.1. The summed E-state index contributed by atoms with van der Waals surface area (Å²) in [5.41, 5.74) is 2.07. The molecule has 5 heteroatoms. The number of nitrogens with zero attached hydrogens (tertiary/aromatic N) is 3. The molecule has 122 valence electrons. The van der Waals surface area contributed by atoms with E-state index in [2.05, 4.69) is 14.9 Å². The van der Waals surface area contributed by atoms with Crippen molar-refractivity contribution in [2.75, 3.05) is 26.2 Å². The number of aryl methyl sites for hydroxylation is 1. The molecule has 0 saturated carbocycles. The Bertz CT molecular complexity index is 646. The van der Waals surface area contributed by atoms with E-state index in [4.69, 9.17) is 9.84 Å². The van der Waals surface area contributed by atoms with Crippen LogP contribution in [0, 0.1) is 6.92 Å². The molecule has 1 saturated heterocycles. The van der Waals surface area contributed by atoms with Crippen molar-refractivity contribution in [3.8, 4) is 11.6 Å². The van der Waals surface area contributed by atoms with E-state index < -0.39 is 0 Å². The Morgan fingerprint density at radius 1 is 1.30 bits per heavy atom. The summed E-state index contributed by atoms with van der Waals surface area (Å²) in [5.74, 6) is 1.67. The van der Waals surface area contributed by atoms with Gasteiger partial charge in [-0.2, -0.15) is 0 Å². The van der Waals surface area contributed by atoms with Crippen molar-refractivity contribution in [3.05, 3.63) is 47.9 Å². The van der Waals surface area contributed by atoms with Crippen molar-refractivity contribution >= 4 is 0 Å². The summed E-state index contributed by atoms with van der Waals surface area (Å²) < 4.78 is 6.00. The largest absolute Gasteiger partial charge is 0.437 e. The first kappa shape index (κ1) is 15.9. The SMILES string of the molecule is Cc1cccc(Oc2nccnc2[C@H]2CCCN(CCO)C2)c1. The molecular formula is C18H23N3O2. The second-order valence-electron chi connectivity index (χ2n) is 6.03. The zero-order valence-corrected chi connectivity index (χ0v) is 13.5. The van der Waals surface area contributed by atoms with Gasteiger partial charge >= 0.3 is 0 Å². The lowest BCUT2D eigenvalue weighted by Gasteiger charge is -2.32. The van der Waals surface area contributed by atoms with Gasteiger partial charge in [-0.1, -0.05) is 12.1 Å². The Balaban J connectivity index is 1.80. The second kappa shape index (κ2) is 7.53. The van der Waals surface area contributed by atoms with Gasteiger partial charge in [-0.15, -0.1) is 0 Å². The van der Waals surface area contributed by atoms with Crippen LogP contribution in [0.5, 0.6) is 11.6 Å². The molecule has 0 bridgehead atoms. The quantitative estimate of drug-likeness (QED) is 0.920. The van der Waals surface area contributed by atoms with Crippen LogP contribution >= 0.6 is 0 Å². The van der Waals surface area contributed by atoms with Crippen LogP contribution < -0.4 is 4.74 Å². The molecule has 0 unspecified atom stereocenters. The van der Waals surface area contributed by atoms with Crippen LogP contribution in [0.25, 0.3) is 0 Å². The van der Waals surface area contributed by atoms with E-state index in [0.29, 0.717) is 18.3 Å². The zero-order valence-electron chi connectivity index (χ0n) is 13.5. The van der Waals surface area contributed by atoms with Crippen LogP contribution in [0.2, 0.25) is 0 Å². The third-order valence-electron chi connectivity index (χ3n) is 4.20. The van der Waals surface area contributed by atoms with Crippen molar-refractivity contribution in [3.63, 3.8) is 0 Å². The highest BCUT2D eigenvalue weighted by molar-refractivity contribution is 5.33. The molecule has 1 atom stereocenters. The van der Waals surface area contributed by atoms with Gasteiger partial charge in [0.15, 0.2) is 0 Å². The third-order valence-corrected chi connectivity index (χ3v) is 4.20. The summed E-state index contributed by atoms with van der Waals surface area (Å²) in [5, 5.41) is 9.16. The third kappa shape index (κ3) is 4.06. The number of likely N-dealkylation sites (tertiary alicyclic amines) is 1. The molecule has 23 heavy (non-hydrogen) atoms. The number of ether oxygens (including phenoxy) is 1. The van der Waals surface area contributed by atoms with Gasteiger partial charge in [0.2, 0.25) is 5.88 Å². The van der Waals surface area contributed by atoms with E-state index in [-0.39, 0.29) is 6.61 Å². The maximum atomic E-state index is 9.16. The molecule has 1 aliphatic rings. The molecule has 3 rings (SSSR count). The Kier molecular flexibility index (Phi) is 5.20. The first-order chi connectivity index (χ1) is 11.3. The lowest BCUT2D eigenvalue weighted by molar-refractivity contribution is 0.159. The van der Waals surface area contributed by atoms with Crippen molar-refractivity contribution in [2.45, 2.75) is 25.7 Å². The maximum absolute atomic E-state index is 9.16. The predicted octanol–water partition coefficient (Wildman–Crippen LogP) is 2.75. The predicted molar refractivity (Wildman–Crippen MR) is 88.8 cm³/mol. The number of hydrogen-bond acceptors (Lipinski definition) is 5. The molecule has 2 heterocycles. The van der Waals surface area contributed by atoms with Crippen LogP contribution in [0.1, 0.15) is 30.0 Å². The smallest absolute Gasteiger partial charge is 0.241 e. The van der Waals surface area contributed by atoms with Crippen LogP contribution in [0.4, 0.5) is 0 Å². The monoisotopic (exact) mass is 313 g/mol. The molecular weight excluding hydrogens is 290 g/mol. The Hall–Kier alpha value is -1.98. The molecule has 0 amide bonds. The standard InChI is InChI=1S/C18H23N3O2/c1-14-4-2-6-16(12-14)23-18-17(19-7-8-20-18)15-5-3-9-21(13-15)10-11-22/h2,4,6-8,12,15,22H,3,5,9-11,13H2,1H3/t15-/m0/s1. The molecule has 0 spiro atoms. The van der Waals surface area contributed by atoms with Crippen molar-refractivity contribution in [1.29, 1.82) is 0 Å². The number of aliphatic hydroxyl groups is 1. The molecule has 0 aliphatic carbocycles. The summed E-state index contributed by atoms with van der Waals surface area (Å²) in [7, 11) is 0.